The summed E-state index contributed by atoms with van der Waals surface area (Å²) in [5, 5.41) is 7.46. The molecule has 1 atom stereocenters. The molecule has 0 saturated heterocycles. The number of aromatic nitrogens is 1. The third-order valence-electron chi connectivity index (χ3n) is 13.0. The van der Waals surface area contributed by atoms with Gasteiger partial charge in [-0.15, -0.1) is 0 Å². The zero-order valence-electron chi connectivity index (χ0n) is 33.3. The molecule has 0 amide bonds. The standard InChI is InChI=1S/C58H40N2/c1-58(52-28-16-15-27-49(52)57-46-24-12-11-19-40(46)29-33-53(57)58)41-30-34-55-50(37-41)51-38-44(31-35-56(51)60(55)43-22-9-4-10-23-43)59(42-20-7-3-8-21-42)54-36-32-45(39-17-5-2-6-18-39)47-25-13-14-26-48(47)54/h2-38H,1H3. The summed E-state index contributed by atoms with van der Waals surface area (Å²) in [6.45, 7) is 2.43. The van der Waals surface area contributed by atoms with E-state index in [1.807, 2.05) is 0 Å². The predicted octanol–water partition coefficient (Wildman–Crippen LogP) is 15.6. The Morgan fingerprint density at radius 1 is 0.400 bits per heavy atom. The van der Waals surface area contributed by atoms with Crippen LogP contribution in [0.5, 0.6) is 0 Å². The van der Waals surface area contributed by atoms with Crippen molar-refractivity contribution in [1.82, 2.24) is 4.57 Å². The summed E-state index contributed by atoms with van der Waals surface area (Å²) in [7, 11) is 0. The first-order valence-electron chi connectivity index (χ1n) is 20.9. The molecule has 1 aliphatic rings. The molecule has 0 N–H and O–H groups in total. The Hall–Kier alpha value is -7.68. The number of fused-ring (bicyclic) bond motifs is 9. The van der Waals surface area contributed by atoms with Crippen LogP contribution in [0.3, 0.4) is 0 Å². The molecule has 1 unspecified atom stereocenters. The molecule has 12 rings (SSSR count). The molecule has 0 fully saturated rings. The zero-order chi connectivity index (χ0) is 39.8. The minimum Gasteiger partial charge on any atom is -0.310 e. The lowest BCUT2D eigenvalue weighted by molar-refractivity contribution is 0.715. The van der Waals surface area contributed by atoms with Gasteiger partial charge in [0.15, 0.2) is 0 Å². The van der Waals surface area contributed by atoms with Crippen LogP contribution in [0.2, 0.25) is 0 Å². The molecular formula is C58H40N2. The summed E-state index contributed by atoms with van der Waals surface area (Å²) in [6, 6.07) is 82.5. The summed E-state index contributed by atoms with van der Waals surface area (Å²) in [5.74, 6) is 0. The van der Waals surface area contributed by atoms with Crippen molar-refractivity contribution >= 4 is 60.4 Å². The molecule has 2 heteroatoms. The number of hydrogen-bond donors (Lipinski definition) is 0. The van der Waals surface area contributed by atoms with Crippen LogP contribution in [-0.4, -0.2) is 4.57 Å². The summed E-state index contributed by atoms with van der Waals surface area (Å²) in [6.07, 6.45) is 0. The van der Waals surface area contributed by atoms with Gasteiger partial charge < -0.3 is 9.47 Å². The fourth-order valence-corrected chi connectivity index (χ4v) is 10.2. The van der Waals surface area contributed by atoms with Gasteiger partial charge in [-0.25, -0.2) is 0 Å². The first-order chi connectivity index (χ1) is 29.7. The second kappa shape index (κ2) is 13.4. The Bertz CT molecular complexity index is 3440. The van der Waals surface area contributed by atoms with Crippen LogP contribution in [0, 0.1) is 0 Å². The lowest BCUT2D eigenvalue weighted by Crippen LogP contribution is -2.22. The van der Waals surface area contributed by atoms with Gasteiger partial charge in [-0.1, -0.05) is 164 Å². The van der Waals surface area contributed by atoms with E-state index in [0.717, 1.165) is 22.7 Å². The van der Waals surface area contributed by atoms with Gasteiger partial charge in [0.2, 0.25) is 0 Å². The van der Waals surface area contributed by atoms with Crippen molar-refractivity contribution in [2.24, 2.45) is 0 Å². The lowest BCUT2D eigenvalue weighted by Gasteiger charge is -2.29. The van der Waals surface area contributed by atoms with Crippen molar-refractivity contribution in [3.05, 3.63) is 241 Å². The highest BCUT2D eigenvalue weighted by Crippen LogP contribution is 2.55. The van der Waals surface area contributed by atoms with Crippen molar-refractivity contribution in [1.29, 1.82) is 0 Å². The van der Waals surface area contributed by atoms with Crippen LogP contribution >= 0.6 is 0 Å². The molecule has 282 valence electrons. The monoisotopic (exact) mass is 764 g/mol. The van der Waals surface area contributed by atoms with E-state index in [1.165, 1.54) is 82.3 Å². The van der Waals surface area contributed by atoms with E-state index in [-0.39, 0.29) is 5.41 Å². The second-order valence-electron chi connectivity index (χ2n) is 16.2. The molecule has 1 aromatic heterocycles. The highest BCUT2D eigenvalue weighted by molar-refractivity contribution is 6.13. The van der Waals surface area contributed by atoms with E-state index >= 15 is 0 Å². The van der Waals surface area contributed by atoms with Crippen LogP contribution in [0.15, 0.2) is 224 Å². The molecule has 0 aliphatic heterocycles. The second-order valence-corrected chi connectivity index (χ2v) is 16.2. The highest BCUT2D eigenvalue weighted by Gasteiger charge is 2.41. The van der Waals surface area contributed by atoms with E-state index in [2.05, 4.69) is 241 Å². The van der Waals surface area contributed by atoms with E-state index in [4.69, 9.17) is 0 Å². The lowest BCUT2D eigenvalue weighted by atomic mass is 9.74. The van der Waals surface area contributed by atoms with Crippen LogP contribution in [0.4, 0.5) is 17.1 Å². The normalized spacial score (nSPS) is 14.5. The number of nitrogens with zero attached hydrogens (tertiary/aromatic N) is 2. The number of para-hydroxylation sites is 2. The first kappa shape index (κ1) is 34.4. The van der Waals surface area contributed by atoms with Crippen molar-refractivity contribution in [3.8, 4) is 27.9 Å². The van der Waals surface area contributed by atoms with Gasteiger partial charge in [0.25, 0.3) is 0 Å². The highest BCUT2D eigenvalue weighted by atomic mass is 15.1. The molecular weight excluding hydrogens is 725 g/mol. The van der Waals surface area contributed by atoms with Crippen molar-refractivity contribution in [3.63, 3.8) is 0 Å². The average molecular weight is 765 g/mol. The minimum atomic E-state index is -0.349. The van der Waals surface area contributed by atoms with Crippen LogP contribution in [0.25, 0.3) is 71.3 Å². The molecule has 2 nitrogen and oxygen atoms in total. The Kier molecular flexibility index (Phi) is 7.70. The fourth-order valence-electron chi connectivity index (χ4n) is 10.2. The smallest absolute Gasteiger partial charge is 0.0542 e. The van der Waals surface area contributed by atoms with Gasteiger partial charge in [0, 0.05) is 38.6 Å². The zero-order valence-corrected chi connectivity index (χ0v) is 33.3. The predicted molar refractivity (Wildman–Crippen MR) is 253 cm³/mol. The first-order valence-corrected chi connectivity index (χ1v) is 20.9. The number of rotatable bonds is 6. The maximum absolute atomic E-state index is 2.48. The van der Waals surface area contributed by atoms with Gasteiger partial charge in [0.1, 0.15) is 0 Å². The maximum Gasteiger partial charge on any atom is 0.0542 e. The van der Waals surface area contributed by atoms with Crippen molar-refractivity contribution in [2.75, 3.05) is 4.90 Å². The summed E-state index contributed by atoms with van der Waals surface area (Å²) in [5.41, 5.74) is 15.6. The van der Waals surface area contributed by atoms with Crippen LogP contribution in [-0.2, 0) is 5.41 Å². The minimum absolute atomic E-state index is 0.349. The molecule has 1 aliphatic carbocycles. The van der Waals surface area contributed by atoms with Gasteiger partial charge in [-0.3, -0.25) is 0 Å². The number of anilines is 3. The number of benzene rings is 10. The van der Waals surface area contributed by atoms with E-state index in [0.29, 0.717) is 0 Å². The summed E-state index contributed by atoms with van der Waals surface area (Å²) < 4.78 is 2.43. The molecule has 0 spiro atoms. The molecule has 0 saturated carbocycles. The largest absolute Gasteiger partial charge is 0.310 e. The Labute approximate surface area is 349 Å². The topological polar surface area (TPSA) is 8.17 Å². The molecule has 0 bridgehead atoms. The van der Waals surface area contributed by atoms with Gasteiger partial charge in [-0.05, 0) is 123 Å². The quantitative estimate of drug-likeness (QED) is 0.164. The van der Waals surface area contributed by atoms with Gasteiger partial charge in [0.05, 0.1) is 16.7 Å². The molecule has 60 heavy (non-hydrogen) atoms. The van der Waals surface area contributed by atoms with Gasteiger partial charge >= 0.3 is 0 Å². The van der Waals surface area contributed by atoms with E-state index in [1.54, 1.807) is 0 Å². The van der Waals surface area contributed by atoms with E-state index < -0.39 is 0 Å². The SMILES string of the molecule is CC1(c2ccc3c(c2)c2cc(N(c4ccccc4)c4ccc(-c5ccccc5)c5ccccc45)ccc2n3-c2ccccc2)c2ccccc2-c2c1ccc1ccccc21. The maximum atomic E-state index is 2.48. The fraction of sp³-hybridized carbons (Fsp3) is 0.0345. The molecule has 0 radical (unpaired) electrons. The Balaban J connectivity index is 1.11. The molecule has 1 heterocycles. The van der Waals surface area contributed by atoms with Crippen molar-refractivity contribution < 1.29 is 0 Å². The summed E-state index contributed by atoms with van der Waals surface area (Å²) >= 11 is 0. The van der Waals surface area contributed by atoms with Gasteiger partial charge in [-0.2, -0.15) is 0 Å². The van der Waals surface area contributed by atoms with Crippen molar-refractivity contribution in [2.45, 2.75) is 12.3 Å². The third-order valence-corrected chi connectivity index (χ3v) is 13.0. The Morgan fingerprint density at radius 3 is 1.83 bits per heavy atom. The van der Waals surface area contributed by atoms with Crippen LogP contribution in [0.1, 0.15) is 23.6 Å². The Morgan fingerprint density at radius 2 is 1.03 bits per heavy atom. The molecule has 11 aromatic rings. The van der Waals surface area contributed by atoms with E-state index in [9.17, 15) is 0 Å². The summed E-state index contributed by atoms with van der Waals surface area (Å²) in [4.78, 5) is 2.43. The number of hydrogen-bond acceptors (Lipinski definition) is 1. The molecule has 10 aromatic carbocycles. The third kappa shape index (κ3) is 5.07. The average Bonchev–Trinajstić information content (AvgIpc) is 3.79. The van der Waals surface area contributed by atoms with Crippen LogP contribution < -0.4 is 4.90 Å².